The van der Waals surface area contributed by atoms with Gasteiger partial charge in [-0.2, -0.15) is 5.10 Å². The minimum Gasteiger partial charge on any atom is -0.336 e. The number of hydrogen-bond acceptors (Lipinski definition) is 3. The lowest BCUT2D eigenvalue weighted by atomic mass is 10.3. The first kappa shape index (κ1) is 10.2. The number of carbonyl (C=O) groups is 1. The van der Waals surface area contributed by atoms with Gasteiger partial charge < -0.3 is 10.6 Å². The van der Waals surface area contributed by atoms with Gasteiger partial charge in [0.15, 0.2) is 0 Å². The van der Waals surface area contributed by atoms with Crippen molar-refractivity contribution in [3.8, 4) is 0 Å². The molecule has 1 fully saturated rings. The molecule has 2 heterocycles. The summed E-state index contributed by atoms with van der Waals surface area (Å²) in [5.74, 6) is 0.0334. The number of aromatic nitrogens is 2. The van der Waals surface area contributed by atoms with Crippen LogP contribution in [0.5, 0.6) is 0 Å². The molecule has 2 N–H and O–H groups in total. The summed E-state index contributed by atoms with van der Waals surface area (Å²) in [4.78, 5) is 13.8. The summed E-state index contributed by atoms with van der Waals surface area (Å²) in [6.07, 6.45) is 0.891. The molecule has 1 unspecified atom stereocenters. The van der Waals surface area contributed by atoms with E-state index in [4.69, 9.17) is 5.73 Å². The summed E-state index contributed by atoms with van der Waals surface area (Å²) in [5.41, 5.74) is 7.27. The second-order valence-electron chi connectivity index (χ2n) is 4.09. The van der Waals surface area contributed by atoms with Crippen molar-refractivity contribution in [2.75, 3.05) is 13.1 Å². The molecule has 5 nitrogen and oxygen atoms in total. The molecule has 1 aromatic rings. The van der Waals surface area contributed by atoms with Gasteiger partial charge in [0.1, 0.15) is 5.69 Å². The number of amides is 1. The van der Waals surface area contributed by atoms with Crippen LogP contribution in [-0.2, 0) is 7.05 Å². The van der Waals surface area contributed by atoms with Crippen LogP contribution in [0.15, 0.2) is 6.07 Å². The predicted octanol–water partition coefficient (Wildman–Crippen LogP) is -0.0983. The standard InChI is InChI=1S/C10H16N4O/c1-7-5-9(13(2)12-7)10(15)14-4-3-8(11)6-14/h5,8H,3-4,6,11H2,1-2H3. The molecule has 15 heavy (non-hydrogen) atoms. The van der Waals surface area contributed by atoms with E-state index in [1.54, 1.807) is 16.6 Å². The van der Waals surface area contributed by atoms with Crippen molar-refractivity contribution < 1.29 is 4.79 Å². The van der Waals surface area contributed by atoms with Gasteiger partial charge in [0.25, 0.3) is 5.91 Å². The van der Waals surface area contributed by atoms with Gasteiger partial charge in [-0.1, -0.05) is 0 Å². The summed E-state index contributed by atoms with van der Waals surface area (Å²) in [7, 11) is 1.79. The lowest BCUT2D eigenvalue weighted by Gasteiger charge is -2.15. The van der Waals surface area contributed by atoms with Gasteiger partial charge >= 0.3 is 0 Å². The third kappa shape index (κ3) is 1.87. The Labute approximate surface area is 88.8 Å². The Morgan fingerprint density at radius 2 is 2.40 bits per heavy atom. The number of hydrogen-bond donors (Lipinski definition) is 1. The van der Waals surface area contributed by atoms with Crippen LogP contribution in [0, 0.1) is 6.92 Å². The van der Waals surface area contributed by atoms with Gasteiger partial charge in [0, 0.05) is 26.2 Å². The number of aryl methyl sites for hydroxylation is 2. The molecule has 1 atom stereocenters. The van der Waals surface area contributed by atoms with Gasteiger partial charge in [0.05, 0.1) is 5.69 Å². The Bertz CT molecular complexity index is 385. The lowest BCUT2D eigenvalue weighted by Crippen LogP contribution is -2.33. The fourth-order valence-electron chi connectivity index (χ4n) is 1.94. The second-order valence-corrected chi connectivity index (χ2v) is 4.09. The minimum atomic E-state index is 0.0334. The fraction of sp³-hybridized carbons (Fsp3) is 0.600. The predicted molar refractivity (Wildman–Crippen MR) is 56.4 cm³/mol. The van der Waals surface area contributed by atoms with Crippen molar-refractivity contribution >= 4 is 5.91 Å². The quantitative estimate of drug-likeness (QED) is 0.701. The molecule has 2 rings (SSSR count). The highest BCUT2D eigenvalue weighted by Crippen LogP contribution is 2.12. The van der Waals surface area contributed by atoms with Crippen LogP contribution in [0.1, 0.15) is 22.6 Å². The van der Waals surface area contributed by atoms with E-state index in [0.717, 1.165) is 18.7 Å². The number of rotatable bonds is 1. The van der Waals surface area contributed by atoms with Crippen LogP contribution in [0.4, 0.5) is 0 Å². The number of nitrogens with two attached hydrogens (primary N) is 1. The average Bonchev–Trinajstić information content (AvgIpc) is 2.71. The summed E-state index contributed by atoms with van der Waals surface area (Å²) in [6, 6.07) is 1.94. The molecule has 82 valence electrons. The molecule has 0 radical (unpaired) electrons. The van der Waals surface area contributed by atoms with Crippen molar-refractivity contribution in [1.29, 1.82) is 0 Å². The van der Waals surface area contributed by atoms with Crippen molar-refractivity contribution in [2.45, 2.75) is 19.4 Å². The van der Waals surface area contributed by atoms with Crippen molar-refractivity contribution in [1.82, 2.24) is 14.7 Å². The molecule has 1 amide bonds. The normalized spacial score (nSPS) is 21.0. The molecule has 0 saturated carbocycles. The topological polar surface area (TPSA) is 64.2 Å². The van der Waals surface area contributed by atoms with E-state index < -0.39 is 0 Å². The highest BCUT2D eigenvalue weighted by Gasteiger charge is 2.26. The molecule has 0 spiro atoms. The molecule has 1 aliphatic rings. The molecule has 5 heteroatoms. The highest BCUT2D eigenvalue weighted by atomic mass is 16.2. The van der Waals surface area contributed by atoms with Gasteiger partial charge in [-0.15, -0.1) is 0 Å². The molecule has 1 saturated heterocycles. The van der Waals surface area contributed by atoms with E-state index in [2.05, 4.69) is 5.10 Å². The maximum atomic E-state index is 12.0. The Balaban J connectivity index is 2.17. The van der Waals surface area contributed by atoms with E-state index in [0.29, 0.717) is 12.2 Å². The average molecular weight is 208 g/mol. The number of nitrogens with zero attached hydrogens (tertiary/aromatic N) is 3. The first-order chi connectivity index (χ1) is 7.08. The van der Waals surface area contributed by atoms with Crippen LogP contribution >= 0.6 is 0 Å². The molecule has 0 aliphatic carbocycles. The van der Waals surface area contributed by atoms with Crippen LogP contribution in [-0.4, -0.2) is 39.7 Å². The summed E-state index contributed by atoms with van der Waals surface area (Å²) < 4.78 is 1.63. The third-order valence-electron chi connectivity index (χ3n) is 2.73. The first-order valence-electron chi connectivity index (χ1n) is 5.13. The van der Waals surface area contributed by atoms with Crippen LogP contribution in [0.2, 0.25) is 0 Å². The van der Waals surface area contributed by atoms with Gasteiger partial charge in [-0.25, -0.2) is 0 Å². The lowest BCUT2D eigenvalue weighted by molar-refractivity contribution is 0.0780. The largest absolute Gasteiger partial charge is 0.336 e. The van der Waals surface area contributed by atoms with Crippen LogP contribution in [0.25, 0.3) is 0 Å². The molecule has 0 bridgehead atoms. The van der Waals surface area contributed by atoms with Crippen LogP contribution in [0.3, 0.4) is 0 Å². The van der Waals surface area contributed by atoms with Crippen LogP contribution < -0.4 is 5.73 Å². The molecular weight excluding hydrogens is 192 g/mol. The second kappa shape index (κ2) is 3.66. The Hall–Kier alpha value is -1.36. The van der Waals surface area contributed by atoms with Gasteiger partial charge in [-0.3, -0.25) is 9.48 Å². The van der Waals surface area contributed by atoms with E-state index in [1.165, 1.54) is 0 Å². The molecule has 1 aliphatic heterocycles. The monoisotopic (exact) mass is 208 g/mol. The highest BCUT2D eigenvalue weighted by molar-refractivity contribution is 5.92. The van der Waals surface area contributed by atoms with Crippen molar-refractivity contribution in [2.24, 2.45) is 12.8 Å². The Morgan fingerprint density at radius 3 is 2.87 bits per heavy atom. The van der Waals surface area contributed by atoms with Gasteiger partial charge in [-0.05, 0) is 19.4 Å². The zero-order chi connectivity index (χ0) is 11.0. The molecule has 1 aromatic heterocycles. The van der Waals surface area contributed by atoms with E-state index in [9.17, 15) is 4.79 Å². The minimum absolute atomic E-state index is 0.0334. The SMILES string of the molecule is Cc1cc(C(=O)N2CCC(N)C2)n(C)n1. The summed E-state index contributed by atoms with van der Waals surface area (Å²) in [6.45, 7) is 3.29. The number of carbonyl (C=O) groups excluding carboxylic acids is 1. The maximum absolute atomic E-state index is 12.0. The Kier molecular flexibility index (Phi) is 2.48. The molecular formula is C10H16N4O. The zero-order valence-corrected chi connectivity index (χ0v) is 9.10. The fourth-order valence-corrected chi connectivity index (χ4v) is 1.94. The number of likely N-dealkylation sites (tertiary alicyclic amines) is 1. The first-order valence-corrected chi connectivity index (χ1v) is 5.13. The van der Waals surface area contributed by atoms with E-state index in [-0.39, 0.29) is 11.9 Å². The molecule has 0 aromatic carbocycles. The Morgan fingerprint density at radius 1 is 1.67 bits per heavy atom. The maximum Gasteiger partial charge on any atom is 0.272 e. The van der Waals surface area contributed by atoms with E-state index in [1.807, 2.05) is 13.0 Å². The van der Waals surface area contributed by atoms with Crippen molar-refractivity contribution in [3.63, 3.8) is 0 Å². The summed E-state index contributed by atoms with van der Waals surface area (Å²) >= 11 is 0. The zero-order valence-electron chi connectivity index (χ0n) is 9.10. The summed E-state index contributed by atoms with van der Waals surface area (Å²) in [5, 5.41) is 4.16. The van der Waals surface area contributed by atoms with E-state index >= 15 is 0 Å². The van der Waals surface area contributed by atoms with Crippen molar-refractivity contribution in [3.05, 3.63) is 17.5 Å². The third-order valence-corrected chi connectivity index (χ3v) is 2.73. The van der Waals surface area contributed by atoms with Gasteiger partial charge in [0.2, 0.25) is 0 Å². The smallest absolute Gasteiger partial charge is 0.272 e.